The van der Waals surface area contributed by atoms with Crippen LogP contribution < -0.4 is 10.6 Å². The van der Waals surface area contributed by atoms with Crippen LogP contribution in [0.3, 0.4) is 0 Å². The maximum atomic E-state index is 11.5. The number of hydrogen-bond donors (Lipinski definition) is 2. The van der Waals surface area contributed by atoms with Crippen molar-refractivity contribution in [3.05, 3.63) is 28.7 Å². The van der Waals surface area contributed by atoms with Crippen molar-refractivity contribution in [1.29, 1.82) is 0 Å². The molecule has 2 N–H and O–H groups in total. The summed E-state index contributed by atoms with van der Waals surface area (Å²) in [5.41, 5.74) is 0.927. The maximum absolute atomic E-state index is 11.5. The summed E-state index contributed by atoms with van der Waals surface area (Å²) in [5, 5.41) is 5.90. The molecule has 0 heterocycles. The molecule has 0 aliphatic heterocycles. The molecule has 0 spiro atoms. The van der Waals surface area contributed by atoms with Crippen molar-refractivity contribution in [3.8, 4) is 0 Å². The molecular formula is C11H15BrN2O. The van der Waals surface area contributed by atoms with Crippen LogP contribution in [-0.4, -0.2) is 18.5 Å². The molecular weight excluding hydrogens is 256 g/mol. The molecule has 0 bridgehead atoms. The monoisotopic (exact) mass is 270 g/mol. The molecule has 15 heavy (non-hydrogen) atoms. The van der Waals surface area contributed by atoms with E-state index in [0.717, 1.165) is 10.2 Å². The molecule has 1 aromatic rings. The van der Waals surface area contributed by atoms with Gasteiger partial charge in [0.2, 0.25) is 5.91 Å². The van der Waals surface area contributed by atoms with Gasteiger partial charge >= 0.3 is 0 Å². The lowest BCUT2D eigenvalue weighted by molar-refractivity contribution is -0.121. The van der Waals surface area contributed by atoms with Crippen LogP contribution in [0, 0.1) is 0 Å². The number of para-hydroxylation sites is 1. The van der Waals surface area contributed by atoms with Gasteiger partial charge in [0, 0.05) is 16.7 Å². The number of anilines is 1. The van der Waals surface area contributed by atoms with Crippen LogP contribution in [0.4, 0.5) is 5.69 Å². The van der Waals surface area contributed by atoms with E-state index in [0.29, 0.717) is 6.54 Å². The first-order valence-electron chi connectivity index (χ1n) is 4.94. The number of halogens is 1. The van der Waals surface area contributed by atoms with Gasteiger partial charge < -0.3 is 10.6 Å². The van der Waals surface area contributed by atoms with Gasteiger partial charge in [0.1, 0.15) is 6.04 Å². The molecule has 0 aliphatic rings. The molecule has 1 rings (SSSR count). The molecule has 0 aliphatic carbocycles. The van der Waals surface area contributed by atoms with Crippen molar-refractivity contribution < 1.29 is 4.79 Å². The minimum atomic E-state index is -0.233. The van der Waals surface area contributed by atoms with Crippen molar-refractivity contribution >= 4 is 27.5 Å². The zero-order valence-electron chi connectivity index (χ0n) is 8.88. The molecule has 0 radical (unpaired) electrons. The van der Waals surface area contributed by atoms with Crippen LogP contribution in [0.2, 0.25) is 0 Å². The Hall–Kier alpha value is -1.03. The molecule has 1 atom stereocenters. The summed E-state index contributed by atoms with van der Waals surface area (Å²) in [4.78, 5) is 11.5. The molecule has 0 saturated heterocycles. The molecule has 0 fully saturated rings. The van der Waals surface area contributed by atoms with Crippen LogP contribution in [-0.2, 0) is 4.79 Å². The topological polar surface area (TPSA) is 41.1 Å². The summed E-state index contributed by atoms with van der Waals surface area (Å²) >= 11 is 3.42. The molecule has 4 heteroatoms. The van der Waals surface area contributed by atoms with Crippen LogP contribution in [0.1, 0.15) is 13.8 Å². The maximum Gasteiger partial charge on any atom is 0.242 e. The first kappa shape index (κ1) is 12.0. The Bertz CT molecular complexity index is 341. The summed E-state index contributed by atoms with van der Waals surface area (Å²) in [6, 6.07) is 7.50. The lowest BCUT2D eigenvalue weighted by atomic mass is 10.2. The molecule has 82 valence electrons. The van der Waals surface area contributed by atoms with E-state index < -0.39 is 0 Å². The SMILES string of the molecule is CCNC(=O)C(C)Nc1ccccc1Br. The smallest absolute Gasteiger partial charge is 0.242 e. The first-order valence-corrected chi connectivity index (χ1v) is 5.73. The van der Waals surface area contributed by atoms with E-state index in [1.807, 2.05) is 38.1 Å². The average molecular weight is 271 g/mol. The summed E-state index contributed by atoms with van der Waals surface area (Å²) < 4.78 is 0.959. The average Bonchev–Trinajstić information content (AvgIpc) is 2.21. The Morgan fingerprint density at radius 1 is 1.47 bits per heavy atom. The molecule has 1 amide bonds. The van der Waals surface area contributed by atoms with E-state index in [4.69, 9.17) is 0 Å². The van der Waals surface area contributed by atoms with Gasteiger partial charge in [-0.2, -0.15) is 0 Å². The number of amides is 1. The zero-order valence-corrected chi connectivity index (χ0v) is 10.5. The van der Waals surface area contributed by atoms with E-state index >= 15 is 0 Å². The molecule has 0 saturated carbocycles. The van der Waals surface area contributed by atoms with Gasteiger partial charge in [-0.1, -0.05) is 12.1 Å². The second-order valence-electron chi connectivity index (χ2n) is 3.24. The van der Waals surface area contributed by atoms with Crippen molar-refractivity contribution in [3.63, 3.8) is 0 Å². The standard InChI is InChI=1S/C11H15BrN2O/c1-3-13-11(15)8(2)14-10-7-5-4-6-9(10)12/h4-8,14H,3H2,1-2H3,(H,13,15). The predicted molar refractivity (Wildman–Crippen MR) is 65.9 cm³/mol. The number of carbonyl (C=O) groups excluding carboxylic acids is 1. The number of rotatable bonds is 4. The fraction of sp³-hybridized carbons (Fsp3) is 0.364. The number of carbonyl (C=O) groups is 1. The molecule has 3 nitrogen and oxygen atoms in total. The fourth-order valence-electron chi connectivity index (χ4n) is 1.20. The van der Waals surface area contributed by atoms with Crippen LogP contribution in [0.5, 0.6) is 0 Å². The summed E-state index contributed by atoms with van der Waals surface area (Å²) in [6.45, 7) is 4.40. The van der Waals surface area contributed by atoms with E-state index in [1.165, 1.54) is 0 Å². The quantitative estimate of drug-likeness (QED) is 0.882. The minimum absolute atomic E-state index is 0.00764. The Kier molecular flexibility index (Phi) is 4.62. The third-order valence-electron chi connectivity index (χ3n) is 1.99. The second-order valence-corrected chi connectivity index (χ2v) is 4.09. The van der Waals surface area contributed by atoms with Gasteiger partial charge in [0.05, 0.1) is 0 Å². The van der Waals surface area contributed by atoms with Gasteiger partial charge in [-0.3, -0.25) is 4.79 Å². The number of nitrogens with one attached hydrogen (secondary N) is 2. The van der Waals surface area contributed by atoms with E-state index in [1.54, 1.807) is 0 Å². The van der Waals surface area contributed by atoms with Gasteiger partial charge in [-0.15, -0.1) is 0 Å². The highest BCUT2D eigenvalue weighted by atomic mass is 79.9. The second kappa shape index (κ2) is 5.75. The third kappa shape index (κ3) is 3.55. The number of hydrogen-bond acceptors (Lipinski definition) is 2. The highest BCUT2D eigenvalue weighted by molar-refractivity contribution is 9.10. The highest BCUT2D eigenvalue weighted by Crippen LogP contribution is 2.21. The largest absolute Gasteiger partial charge is 0.373 e. The van der Waals surface area contributed by atoms with Crippen LogP contribution in [0.25, 0.3) is 0 Å². The van der Waals surface area contributed by atoms with Crippen molar-refractivity contribution in [2.24, 2.45) is 0 Å². The Morgan fingerprint density at radius 2 is 2.13 bits per heavy atom. The minimum Gasteiger partial charge on any atom is -0.373 e. The first-order chi connectivity index (χ1) is 7.15. The Balaban J connectivity index is 2.62. The number of benzene rings is 1. The lowest BCUT2D eigenvalue weighted by Crippen LogP contribution is -2.37. The van der Waals surface area contributed by atoms with Crippen molar-refractivity contribution in [2.45, 2.75) is 19.9 Å². The van der Waals surface area contributed by atoms with Crippen LogP contribution in [0.15, 0.2) is 28.7 Å². The highest BCUT2D eigenvalue weighted by Gasteiger charge is 2.11. The van der Waals surface area contributed by atoms with E-state index in [9.17, 15) is 4.79 Å². The van der Waals surface area contributed by atoms with Gasteiger partial charge in [-0.25, -0.2) is 0 Å². The zero-order chi connectivity index (χ0) is 11.3. The van der Waals surface area contributed by atoms with Gasteiger partial charge in [0.25, 0.3) is 0 Å². The van der Waals surface area contributed by atoms with Crippen molar-refractivity contribution in [1.82, 2.24) is 5.32 Å². The van der Waals surface area contributed by atoms with Gasteiger partial charge in [0.15, 0.2) is 0 Å². The Labute approximate surface area is 98.4 Å². The van der Waals surface area contributed by atoms with E-state index in [2.05, 4.69) is 26.6 Å². The summed E-state index contributed by atoms with van der Waals surface area (Å²) in [7, 11) is 0. The molecule has 1 unspecified atom stereocenters. The summed E-state index contributed by atoms with van der Waals surface area (Å²) in [5.74, 6) is 0.00764. The normalized spacial score (nSPS) is 11.9. The summed E-state index contributed by atoms with van der Waals surface area (Å²) in [6.07, 6.45) is 0. The fourth-order valence-corrected chi connectivity index (χ4v) is 1.60. The lowest BCUT2D eigenvalue weighted by Gasteiger charge is -2.15. The van der Waals surface area contributed by atoms with Crippen LogP contribution >= 0.6 is 15.9 Å². The third-order valence-corrected chi connectivity index (χ3v) is 2.68. The number of likely N-dealkylation sites (N-methyl/N-ethyl adjacent to an activating group) is 1. The van der Waals surface area contributed by atoms with E-state index in [-0.39, 0.29) is 11.9 Å². The molecule has 1 aromatic carbocycles. The van der Waals surface area contributed by atoms with Gasteiger partial charge in [-0.05, 0) is 41.9 Å². The van der Waals surface area contributed by atoms with Crippen molar-refractivity contribution in [2.75, 3.05) is 11.9 Å². The Morgan fingerprint density at radius 3 is 2.73 bits per heavy atom. The predicted octanol–water partition coefficient (Wildman–Crippen LogP) is 2.39. The molecule has 0 aromatic heterocycles.